The first-order valence-electron chi connectivity index (χ1n) is 5.49. The largest absolute Gasteiger partial charge is 0.395 e. The van der Waals surface area contributed by atoms with Crippen LogP contribution < -0.4 is 10.6 Å². The quantitative estimate of drug-likeness (QED) is 0.712. The minimum absolute atomic E-state index is 0.0223. The van der Waals surface area contributed by atoms with Gasteiger partial charge >= 0.3 is 0 Å². The molecule has 0 spiro atoms. The third kappa shape index (κ3) is 3.96. The summed E-state index contributed by atoms with van der Waals surface area (Å²) in [6, 6.07) is -0.509. The van der Waals surface area contributed by atoms with Crippen molar-refractivity contribution in [3.8, 4) is 11.8 Å². The molecule has 1 aromatic rings. The number of carbonyl (C=O) groups excluding carboxylic acids is 2. The van der Waals surface area contributed by atoms with E-state index in [-0.39, 0.29) is 17.8 Å². The van der Waals surface area contributed by atoms with Crippen molar-refractivity contribution in [1.29, 1.82) is 0 Å². The molecule has 1 fully saturated rings. The van der Waals surface area contributed by atoms with Crippen molar-refractivity contribution in [1.82, 2.24) is 10.3 Å². The molecule has 1 unspecified atom stereocenters. The fourth-order valence-electron chi connectivity index (χ4n) is 1.31. The van der Waals surface area contributed by atoms with Crippen molar-refractivity contribution in [2.75, 3.05) is 17.7 Å². The fraction of sp³-hybridized carbons (Fsp3) is 0.364. The highest BCUT2D eigenvalue weighted by Crippen LogP contribution is 2.19. The lowest BCUT2D eigenvalue weighted by atomic mass is 10.3. The van der Waals surface area contributed by atoms with Crippen molar-refractivity contribution >= 4 is 39.4 Å². The van der Waals surface area contributed by atoms with E-state index in [1.54, 1.807) is 6.20 Å². The van der Waals surface area contributed by atoms with Gasteiger partial charge in [-0.05, 0) is 0 Å². The van der Waals surface area contributed by atoms with E-state index >= 15 is 0 Å². The monoisotopic (exact) mass is 297 g/mol. The summed E-state index contributed by atoms with van der Waals surface area (Å²) < 4.78 is 0. The Kier molecular flexibility index (Phi) is 4.79. The van der Waals surface area contributed by atoms with Gasteiger partial charge < -0.3 is 15.7 Å². The second kappa shape index (κ2) is 6.56. The Morgan fingerprint density at radius 1 is 1.68 bits per heavy atom. The predicted molar refractivity (Wildman–Crippen MR) is 74.1 cm³/mol. The molecule has 2 amide bonds. The van der Waals surface area contributed by atoms with Crippen LogP contribution in [0.15, 0.2) is 6.20 Å². The van der Waals surface area contributed by atoms with Gasteiger partial charge in [0.1, 0.15) is 6.04 Å². The molecule has 0 aliphatic carbocycles. The first kappa shape index (κ1) is 13.9. The van der Waals surface area contributed by atoms with Crippen LogP contribution in [0.25, 0.3) is 0 Å². The van der Waals surface area contributed by atoms with E-state index < -0.39 is 6.04 Å². The minimum atomic E-state index is -0.509. The molecule has 6 nitrogen and oxygen atoms in total. The summed E-state index contributed by atoms with van der Waals surface area (Å²) in [6.45, 7) is 0.0223. The number of amides is 2. The van der Waals surface area contributed by atoms with Gasteiger partial charge in [-0.15, -0.1) is 0 Å². The molecule has 1 aliphatic rings. The second-order valence-corrected chi connectivity index (χ2v) is 5.61. The molecule has 1 atom stereocenters. The lowest BCUT2D eigenvalue weighted by Gasteiger charge is -2.07. The molecule has 100 valence electrons. The third-order valence-electron chi connectivity index (χ3n) is 2.17. The SMILES string of the molecule is O=C1NC(C(=O)Nc2ncc(C#CCCO)s2)CS1. The van der Waals surface area contributed by atoms with Gasteiger partial charge in [-0.2, -0.15) is 0 Å². The van der Waals surface area contributed by atoms with Gasteiger partial charge in [-0.25, -0.2) is 4.98 Å². The zero-order valence-electron chi connectivity index (χ0n) is 9.80. The van der Waals surface area contributed by atoms with Crippen LogP contribution in [0.4, 0.5) is 9.93 Å². The van der Waals surface area contributed by atoms with Gasteiger partial charge in [0, 0.05) is 12.2 Å². The van der Waals surface area contributed by atoms with Crippen molar-refractivity contribution in [3.63, 3.8) is 0 Å². The molecule has 19 heavy (non-hydrogen) atoms. The van der Waals surface area contributed by atoms with Gasteiger partial charge in [-0.3, -0.25) is 9.59 Å². The Hall–Kier alpha value is -1.56. The number of hydrogen-bond donors (Lipinski definition) is 3. The molecule has 1 saturated heterocycles. The minimum Gasteiger partial charge on any atom is -0.395 e. The van der Waals surface area contributed by atoms with Crippen molar-refractivity contribution < 1.29 is 14.7 Å². The molecule has 3 N–H and O–H groups in total. The zero-order chi connectivity index (χ0) is 13.7. The number of thioether (sulfide) groups is 1. The van der Waals surface area contributed by atoms with E-state index in [0.29, 0.717) is 22.2 Å². The number of nitrogens with zero attached hydrogens (tertiary/aromatic N) is 1. The molecule has 0 bridgehead atoms. The zero-order valence-corrected chi connectivity index (χ0v) is 11.4. The van der Waals surface area contributed by atoms with Gasteiger partial charge in [-0.1, -0.05) is 34.9 Å². The summed E-state index contributed by atoms with van der Waals surface area (Å²) in [6.07, 6.45) is 1.97. The Morgan fingerprint density at radius 3 is 3.21 bits per heavy atom. The lowest BCUT2D eigenvalue weighted by Crippen LogP contribution is -2.38. The molecule has 1 aromatic heterocycles. The van der Waals surface area contributed by atoms with Crippen LogP contribution in [0.5, 0.6) is 0 Å². The predicted octanol–water partition coefficient (Wildman–Crippen LogP) is 0.640. The number of rotatable bonds is 3. The Morgan fingerprint density at radius 2 is 2.53 bits per heavy atom. The second-order valence-electron chi connectivity index (χ2n) is 3.59. The molecule has 0 aromatic carbocycles. The standard InChI is InChI=1S/C11H11N3O3S2/c15-4-2-1-3-7-5-12-10(19-7)14-9(16)8-6-18-11(17)13-8/h5,8,15H,2,4,6H2,(H,13,17)(H,12,14,16). The van der Waals surface area contributed by atoms with Crippen molar-refractivity contribution in [2.45, 2.75) is 12.5 Å². The fourth-order valence-corrected chi connectivity index (χ4v) is 2.79. The van der Waals surface area contributed by atoms with Crippen molar-refractivity contribution in [2.24, 2.45) is 0 Å². The van der Waals surface area contributed by atoms with Crippen LogP contribution in [0.1, 0.15) is 11.3 Å². The van der Waals surface area contributed by atoms with Crippen LogP contribution in [0.2, 0.25) is 0 Å². The Labute approximate surface area is 118 Å². The average Bonchev–Trinajstić information content (AvgIpc) is 2.99. The molecule has 2 rings (SSSR count). The molecule has 1 aliphatic heterocycles. The van der Waals surface area contributed by atoms with Crippen LogP contribution in [-0.4, -0.2) is 39.6 Å². The number of aromatic nitrogens is 1. The van der Waals surface area contributed by atoms with E-state index in [1.807, 2.05) is 0 Å². The molecular weight excluding hydrogens is 286 g/mol. The Bertz CT molecular complexity index is 547. The summed E-state index contributed by atoms with van der Waals surface area (Å²) >= 11 is 2.34. The lowest BCUT2D eigenvalue weighted by molar-refractivity contribution is -0.117. The highest BCUT2D eigenvalue weighted by Gasteiger charge is 2.28. The van der Waals surface area contributed by atoms with Gasteiger partial charge in [0.2, 0.25) is 5.91 Å². The van der Waals surface area contributed by atoms with E-state index in [4.69, 9.17) is 5.11 Å². The summed E-state index contributed by atoms with van der Waals surface area (Å²) in [7, 11) is 0. The van der Waals surface area contributed by atoms with Crippen LogP contribution in [0, 0.1) is 11.8 Å². The highest BCUT2D eigenvalue weighted by molar-refractivity contribution is 8.14. The van der Waals surface area contributed by atoms with E-state index in [9.17, 15) is 9.59 Å². The molecule has 8 heteroatoms. The number of carbonyl (C=O) groups is 2. The normalized spacial score (nSPS) is 17.5. The number of aliphatic hydroxyl groups excluding tert-OH is 1. The summed E-state index contributed by atoms with van der Waals surface area (Å²) in [5.41, 5.74) is 0. The highest BCUT2D eigenvalue weighted by atomic mass is 32.2. The van der Waals surface area contributed by atoms with Crippen LogP contribution >= 0.6 is 23.1 Å². The number of nitrogens with one attached hydrogen (secondary N) is 2. The van der Waals surface area contributed by atoms with Gasteiger partial charge in [0.15, 0.2) is 5.13 Å². The molecular formula is C11H11N3O3S2. The van der Waals surface area contributed by atoms with Crippen LogP contribution in [-0.2, 0) is 4.79 Å². The van der Waals surface area contributed by atoms with Gasteiger partial charge in [0.25, 0.3) is 5.24 Å². The molecule has 0 saturated carbocycles. The third-order valence-corrected chi connectivity index (χ3v) is 3.88. The van der Waals surface area contributed by atoms with E-state index in [0.717, 1.165) is 11.8 Å². The van der Waals surface area contributed by atoms with E-state index in [2.05, 4.69) is 27.5 Å². The summed E-state index contributed by atoms with van der Waals surface area (Å²) in [4.78, 5) is 27.5. The van der Waals surface area contributed by atoms with Crippen molar-refractivity contribution in [3.05, 3.63) is 11.1 Å². The topological polar surface area (TPSA) is 91.3 Å². The number of anilines is 1. The number of aliphatic hydroxyl groups is 1. The first-order chi connectivity index (χ1) is 9.19. The molecule has 2 heterocycles. The maximum Gasteiger partial charge on any atom is 0.279 e. The summed E-state index contributed by atoms with van der Waals surface area (Å²) in [5, 5.41) is 14.1. The summed E-state index contributed by atoms with van der Waals surface area (Å²) in [5.74, 6) is 5.77. The smallest absolute Gasteiger partial charge is 0.279 e. The van der Waals surface area contributed by atoms with Gasteiger partial charge in [0.05, 0.1) is 17.7 Å². The first-order valence-corrected chi connectivity index (χ1v) is 7.29. The maximum absolute atomic E-state index is 11.8. The van der Waals surface area contributed by atoms with Crippen LogP contribution in [0.3, 0.4) is 0 Å². The maximum atomic E-state index is 11.8. The average molecular weight is 297 g/mol. The van der Waals surface area contributed by atoms with E-state index in [1.165, 1.54) is 11.3 Å². The number of thiazole rings is 1. The molecule has 0 radical (unpaired) electrons. The Balaban J connectivity index is 1.91. The number of hydrogen-bond acceptors (Lipinski definition) is 6.